The molecule has 1 aromatic carbocycles. The maximum Gasteiger partial charge on any atom is 0.274 e. The molecule has 0 bridgehead atoms. The van der Waals surface area contributed by atoms with Crippen LogP contribution >= 0.6 is 11.6 Å². The Balaban J connectivity index is 2.04. The van der Waals surface area contributed by atoms with Gasteiger partial charge in [0.05, 0.1) is 0 Å². The molecule has 1 aromatic heterocycles. The Labute approximate surface area is 140 Å². The minimum absolute atomic E-state index is 0.284. The monoisotopic (exact) mass is 333 g/mol. The van der Waals surface area contributed by atoms with E-state index in [2.05, 4.69) is 25.5 Å². The molecule has 23 heavy (non-hydrogen) atoms. The van der Waals surface area contributed by atoms with Crippen molar-refractivity contribution in [2.75, 3.05) is 37.8 Å². The topological polar surface area (TPSA) is 70.2 Å². The van der Waals surface area contributed by atoms with E-state index in [0.29, 0.717) is 22.2 Å². The van der Waals surface area contributed by atoms with Crippen LogP contribution in [0, 0.1) is 6.92 Å². The number of nitrogens with one attached hydrogen (secondary N) is 2. The Morgan fingerprint density at radius 3 is 2.74 bits per heavy atom. The van der Waals surface area contributed by atoms with E-state index in [1.807, 2.05) is 21.0 Å². The molecule has 0 aliphatic carbocycles. The lowest BCUT2D eigenvalue weighted by Crippen LogP contribution is -2.21. The van der Waals surface area contributed by atoms with Crippen LogP contribution in [0.1, 0.15) is 16.1 Å². The molecule has 1 heterocycles. The van der Waals surface area contributed by atoms with E-state index in [1.165, 1.54) is 6.33 Å². The molecule has 7 heteroatoms. The molecule has 122 valence electrons. The van der Waals surface area contributed by atoms with Gasteiger partial charge in [0.2, 0.25) is 0 Å². The van der Waals surface area contributed by atoms with Gasteiger partial charge in [-0.05, 0) is 44.8 Å². The number of anilines is 2. The van der Waals surface area contributed by atoms with Crippen molar-refractivity contribution in [2.45, 2.75) is 6.92 Å². The molecule has 0 saturated carbocycles. The molecular formula is C16H20ClN5O. The molecule has 2 aromatic rings. The first-order chi connectivity index (χ1) is 11.0. The normalized spacial score (nSPS) is 10.7. The molecule has 2 rings (SSSR count). The van der Waals surface area contributed by atoms with E-state index in [4.69, 9.17) is 11.6 Å². The number of aryl methyl sites for hydroxylation is 1. The van der Waals surface area contributed by atoms with Crippen molar-refractivity contribution in [1.29, 1.82) is 0 Å². The summed E-state index contributed by atoms with van der Waals surface area (Å²) < 4.78 is 0. The van der Waals surface area contributed by atoms with Crippen molar-refractivity contribution in [1.82, 2.24) is 14.9 Å². The smallest absolute Gasteiger partial charge is 0.274 e. The van der Waals surface area contributed by atoms with Gasteiger partial charge in [-0.1, -0.05) is 11.6 Å². The molecule has 0 aliphatic rings. The van der Waals surface area contributed by atoms with Crippen LogP contribution in [0.25, 0.3) is 0 Å². The first-order valence-electron chi connectivity index (χ1n) is 7.24. The largest absolute Gasteiger partial charge is 0.369 e. The number of hydrogen-bond donors (Lipinski definition) is 2. The van der Waals surface area contributed by atoms with E-state index < -0.39 is 0 Å². The van der Waals surface area contributed by atoms with Crippen LogP contribution in [0.4, 0.5) is 11.5 Å². The standard InChI is InChI=1S/C16H20ClN5O/c1-11-8-12(17)4-5-13(11)21-16(23)14-9-15(20-10-19-14)18-6-7-22(2)3/h4-5,8-10H,6-7H2,1-3H3,(H,21,23)(H,18,19,20). The Bertz CT molecular complexity index is 690. The average Bonchev–Trinajstić information content (AvgIpc) is 2.50. The van der Waals surface area contributed by atoms with E-state index in [-0.39, 0.29) is 5.91 Å². The summed E-state index contributed by atoms with van der Waals surface area (Å²) in [6, 6.07) is 6.94. The van der Waals surface area contributed by atoms with Crippen LogP contribution in [-0.4, -0.2) is 48.0 Å². The molecule has 2 N–H and O–H groups in total. The van der Waals surface area contributed by atoms with Crippen LogP contribution in [0.5, 0.6) is 0 Å². The minimum atomic E-state index is -0.284. The van der Waals surface area contributed by atoms with Crippen molar-refractivity contribution >= 4 is 29.0 Å². The number of hydrogen-bond acceptors (Lipinski definition) is 5. The van der Waals surface area contributed by atoms with Gasteiger partial charge in [0.1, 0.15) is 17.8 Å². The van der Waals surface area contributed by atoms with Crippen LogP contribution in [-0.2, 0) is 0 Å². The predicted molar refractivity (Wildman–Crippen MR) is 93.2 cm³/mol. The summed E-state index contributed by atoms with van der Waals surface area (Å²) in [5.74, 6) is 0.341. The lowest BCUT2D eigenvalue weighted by atomic mass is 10.2. The van der Waals surface area contributed by atoms with Gasteiger partial charge in [0.15, 0.2) is 0 Å². The summed E-state index contributed by atoms with van der Waals surface area (Å²) in [5, 5.41) is 6.63. The number of amides is 1. The number of likely N-dealkylation sites (N-methyl/N-ethyl adjacent to an activating group) is 1. The minimum Gasteiger partial charge on any atom is -0.369 e. The van der Waals surface area contributed by atoms with Gasteiger partial charge >= 0.3 is 0 Å². The average molecular weight is 334 g/mol. The number of nitrogens with zero attached hydrogens (tertiary/aromatic N) is 3. The van der Waals surface area contributed by atoms with Gasteiger partial charge in [-0.3, -0.25) is 4.79 Å². The Hall–Kier alpha value is -2.18. The van der Waals surface area contributed by atoms with Crippen molar-refractivity contribution in [3.63, 3.8) is 0 Å². The maximum absolute atomic E-state index is 12.3. The van der Waals surface area contributed by atoms with E-state index in [9.17, 15) is 4.79 Å². The van der Waals surface area contributed by atoms with Crippen molar-refractivity contribution in [3.8, 4) is 0 Å². The van der Waals surface area contributed by atoms with Gasteiger partial charge in [0, 0.05) is 29.9 Å². The fourth-order valence-electron chi connectivity index (χ4n) is 1.94. The second kappa shape index (κ2) is 7.89. The second-order valence-electron chi connectivity index (χ2n) is 5.43. The van der Waals surface area contributed by atoms with Crippen LogP contribution in [0.2, 0.25) is 5.02 Å². The quantitative estimate of drug-likeness (QED) is 0.850. The van der Waals surface area contributed by atoms with E-state index >= 15 is 0 Å². The first kappa shape index (κ1) is 17.2. The van der Waals surface area contributed by atoms with E-state index in [0.717, 1.165) is 18.7 Å². The molecule has 0 radical (unpaired) electrons. The van der Waals surface area contributed by atoms with Gasteiger partial charge in [-0.2, -0.15) is 0 Å². The van der Waals surface area contributed by atoms with Gasteiger partial charge in [-0.15, -0.1) is 0 Å². The van der Waals surface area contributed by atoms with Crippen LogP contribution < -0.4 is 10.6 Å². The summed E-state index contributed by atoms with van der Waals surface area (Å²) >= 11 is 5.92. The van der Waals surface area contributed by atoms with Crippen LogP contribution in [0.3, 0.4) is 0 Å². The van der Waals surface area contributed by atoms with E-state index in [1.54, 1.807) is 24.3 Å². The van der Waals surface area contributed by atoms with Gasteiger partial charge < -0.3 is 15.5 Å². The van der Waals surface area contributed by atoms with Gasteiger partial charge in [0.25, 0.3) is 5.91 Å². The molecule has 0 atom stereocenters. The molecule has 6 nitrogen and oxygen atoms in total. The molecule has 1 amide bonds. The number of halogens is 1. The van der Waals surface area contributed by atoms with Crippen molar-refractivity contribution in [2.24, 2.45) is 0 Å². The molecule has 0 aliphatic heterocycles. The molecule has 0 saturated heterocycles. The number of rotatable bonds is 6. The molecule has 0 spiro atoms. The van der Waals surface area contributed by atoms with Crippen LogP contribution in [0.15, 0.2) is 30.6 Å². The molecular weight excluding hydrogens is 314 g/mol. The van der Waals surface area contributed by atoms with Crippen molar-refractivity contribution in [3.05, 3.63) is 46.9 Å². The highest BCUT2D eigenvalue weighted by Gasteiger charge is 2.10. The second-order valence-corrected chi connectivity index (χ2v) is 5.87. The highest BCUT2D eigenvalue weighted by molar-refractivity contribution is 6.30. The SMILES string of the molecule is Cc1cc(Cl)ccc1NC(=O)c1cc(NCCN(C)C)ncn1. The Morgan fingerprint density at radius 1 is 1.26 bits per heavy atom. The zero-order chi connectivity index (χ0) is 16.8. The number of carbonyl (C=O) groups is 1. The highest BCUT2D eigenvalue weighted by Crippen LogP contribution is 2.20. The lowest BCUT2D eigenvalue weighted by Gasteiger charge is -2.11. The van der Waals surface area contributed by atoms with Crippen molar-refractivity contribution < 1.29 is 4.79 Å². The fourth-order valence-corrected chi connectivity index (χ4v) is 2.17. The Kier molecular flexibility index (Phi) is 5.90. The summed E-state index contributed by atoms with van der Waals surface area (Å²) in [6.45, 7) is 3.49. The lowest BCUT2D eigenvalue weighted by molar-refractivity contribution is 0.102. The van der Waals surface area contributed by atoms with Gasteiger partial charge in [-0.25, -0.2) is 9.97 Å². The summed E-state index contributed by atoms with van der Waals surface area (Å²) in [6.07, 6.45) is 1.38. The Morgan fingerprint density at radius 2 is 2.04 bits per heavy atom. The molecule has 0 unspecified atom stereocenters. The highest BCUT2D eigenvalue weighted by atomic mass is 35.5. The molecule has 0 fully saturated rings. The summed E-state index contributed by atoms with van der Waals surface area (Å²) in [7, 11) is 3.99. The summed E-state index contributed by atoms with van der Waals surface area (Å²) in [4.78, 5) is 22.5. The number of carbonyl (C=O) groups excluding carboxylic acids is 1. The third kappa shape index (κ3) is 5.19. The zero-order valence-electron chi connectivity index (χ0n) is 13.4. The summed E-state index contributed by atoms with van der Waals surface area (Å²) in [5.41, 5.74) is 1.91. The first-order valence-corrected chi connectivity index (χ1v) is 7.61. The third-order valence-electron chi connectivity index (χ3n) is 3.20. The maximum atomic E-state index is 12.3. The third-order valence-corrected chi connectivity index (χ3v) is 3.44. The number of aromatic nitrogens is 2. The fraction of sp³-hybridized carbons (Fsp3) is 0.312. The predicted octanol–water partition coefficient (Wildman–Crippen LogP) is 2.66. The zero-order valence-corrected chi connectivity index (χ0v) is 14.2. The number of benzene rings is 1.